The summed E-state index contributed by atoms with van der Waals surface area (Å²) in [5, 5.41) is 12.5. The lowest BCUT2D eigenvalue weighted by Gasteiger charge is -2.12. The molecule has 1 aliphatic heterocycles. The number of nitrogens with one attached hydrogen (secondary N) is 1. The van der Waals surface area contributed by atoms with Crippen LogP contribution in [0.4, 0.5) is 5.95 Å². The summed E-state index contributed by atoms with van der Waals surface area (Å²) in [4.78, 5) is 20.0. The highest BCUT2D eigenvalue weighted by Gasteiger charge is 2.18. The molecular weight excluding hydrogens is 310 g/mol. The maximum absolute atomic E-state index is 11.5. The number of ether oxygens (including phenoxy) is 2. The summed E-state index contributed by atoms with van der Waals surface area (Å²) in [6.45, 7) is 1.38. The Morgan fingerprint density at radius 1 is 1.50 bits per heavy atom. The maximum atomic E-state index is 11.5. The molecule has 1 fully saturated rings. The molecule has 0 aliphatic carbocycles. The van der Waals surface area contributed by atoms with Gasteiger partial charge in [-0.05, 0) is 25.0 Å². The third-order valence-corrected chi connectivity index (χ3v) is 3.87. The molecule has 0 amide bonds. The number of carboxylic acids is 1. The minimum Gasteiger partial charge on any atom is -0.497 e. The Bertz CT molecular complexity index is 730. The van der Waals surface area contributed by atoms with E-state index in [1.54, 1.807) is 31.4 Å². The monoisotopic (exact) mass is 329 g/mol. The van der Waals surface area contributed by atoms with E-state index in [0.717, 1.165) is 19.4 Å². The van der Waals surface area contributed by atoms with E-state index in [4.69, 9.17) is 9.47 Å². The molecule has 1 aromatic heterocycles. The Morgan fingerprint density at radius 3 is 3.08 bits per heavy atom. The van der Waals surface area contributed by atoms with Gasteiger partial charge in [-0.1, -0.05) is 12.1 Å². The van der Waals surface area contributed by atoms with Crippen LogP contribution < -0.4 is 10.1 Å². The van der Waals surface area contributed by atoms with Gasteiger partial charge in [-0.3, -0.25) is 0 Å². The van der Waals surface area contributed by atoms with Gasteiger partial charge in [0.15, 0.2) is 0 Å². The van der Waals surface area contributed by atoms with Crippen LogP contribution in [0, 0.1) is 0 Å². The molecule has 7 nitrogen and oxygen atoms in total. The predicted molar refractivity (Wildman–Crippen MR) is 88.4 cm³/mol. The molecule has 0 radical (unpaired) electrons. The van der Waals surface area contributed by atoms with E-state index in [9.17, 15) is 9.90 Å². The lowest BCUT2D eigenvalue weighted by atomic mass is 10.1. The lowest BCUT2D eigenvalue weighted by molar-refractivity contribution is 0.0697. The quantitative estimate of drug-likeness (QED) is 0.840. The molecule has 2 aromatic rings. The Labute approximate surface area is 139 Å². The molecule has 2 heterocycles. The second kappa shape index (κ2) is 7.27. The van der Waals surface area contributed by atoms with Crippen molar-refractivity contribution < 1.29 is 19.4 Å². The van der Waals surface area contributed by atoms with Gasteiger partial charge in [0.1, 0.15) is 11.3 Å². The lowest BCUT2D eigenvalue weighted by Crippen LogP contribution is -2.20. The number of anilines is 1. The largest absolute Gasteiger partial charge is 0.497 e. The molecule has 126 valence electrons. The summed E-state index contributed by atoms with van der Waals surface area (Å²) >= 11 is 0. The second-order valence-corrected chi connectivity index (χ2v) is 5.51. The van der Waals surface area contributed by atoms with Gasteiger partial charge in [0.25, 0.3) is 0 Å². The molecule has 7 heteroatoms. The zero-order valence-corrected chi connectivity index (χ0v) is 13.4. The van der Waals surface area contributed by atoms with Crippen molar-refractivity contribution in [2.24, 2.45) is 0 Å². The summed E-state index contributed by atoms with van der Waals surface area (Å²) in [7, 11) is 1.56. The average molecular weight is 329 g/mol. The molecule has 1 aromatic carbocycles. The van der Waals surface area contributed by atoms with Gasteiger partial charge in [-0.15, -0.1) is 0 Å². The molecule has 24 heavy (non-hydrogen) atoms. The molecular formula is C17H19N3O4. The fraction of sp³-hybridized carbons (Fsp3) is 0.353. The van der Waals surface area contributed by atoms with E-state index in [2.05, 4.69) is 15.3 Å². The van der Waals surface area contributed by atoms with Crippen molar-refractivity contribution in [1.29, 1.82) is 0 Å². The van der Waals surface area contributed by atoms with Crippen LogP contribution >= 0.6 is 0 Å². The van der Waals surface area contributed by atoms with Crippen LogP contribution in [0.3, 0.4) is 0 Å². The third-order valence-electron chi connectivity index (χ3n) is 3.87. The van der Waals surface area contributed by atoms with E-state index in [1.807, 2.05) is 0 Å². The number of hydrogen-bond acceptors (Lipinski definition) is 6. The smallest absolute Gasteiger partial charge is 0.339 e. The zero-order valence-electron chi connectivity index (χ0n) is 13.4. The van der Waals surface area contributed by atoms with Gasteiger partial charge in [0.05, 0.1) is 18.9 Å². The Morgan fingerprint density at radius 2 is 2.38 bits per heavy atom. The number of hydrogen-bond donors (Lipinski definition) is 2. The first-order chi connectivity index (χ1) is 11.7. The highest BCUT2D eigenvalue weighted by atomic mass is 16.5. The van der Waals surface area contributed by atoms with Crippen LogP contribution in [0.2, 0.25) is 0 Å². The summed E-state index contributed by atoms with van der Waals surface area (Å²) < 4.78 is 10.8. The first-order valence-electron chi connectivity index (χ1n) is 7.77. The van der Waals surface area contributed by atoms with Gasteiger partial charge in [0.2, 0.25) is 5.95 Å². The average Bonchev–Trinajstić information content (AvgIpc) is 3.13. The summed E-state index contributed by atoms with van der Waals surface area (Å²) in [5.74, 6) is -0.0527. The summed E-state index contributed by atoms with van der Waals surface area (Å²) in [6, 6.07) is 7.13. The first kappa shape index (κ1) is 16.2. The van der Waals surface area contributed by atoms with Crippen LogP contribution in [0.25, 0.3) is 11.3 Å². The topological polar surface area (TPSA) is 93.6 Å². The first-order valence-corrected chi connectivity index (χ1v) is 7.77. The van der Waals surface area contributed by atoms with E-state index >= 15 is 0 Å². The van der Waals surface area contributed by atoms with Crippen LogP contribution in [0.15, 0.2) is 30.5 Å². The van der Waals surface area contributed by atoms with Gasteiger partial charge in [-0.25, -0.2) is 14.8 Å². The third kappa shape index (κ3) is 3.62. The van der Waals surface area contributed by atoms with Crippen molar-refractivity contribution in [2.45, 2.75) is 18.9 Å². The standard InChI is InChI=1S/C17H19N3O4/c1-23-12-5-2-4-11(8-12)15-14(16(21)22)10-19-17(20-15)18-9-13-6-3-7-24-13/h2,4-5,8,10,13H,3,6-7,9H2,1H3,(H,21,22)(H,18,19,20). The van der Waals surface area contributed by atoms with Gasteiger partial charge < -0.3 is 19.9 Å². The summed E-state index contributed by atoms with van der Waals surface area (Å²) in [6.07, 6.45) is 3.53. The molecule has 1 saturated heterocycles. The minimum atomic E-state index is -1.07. The number of carbonyl (C=O) groups is 1. The Balaban J connectivity index is 1.89. The normalized spacial score (nSPS) is 16.8. The number of carboxylic acid groups (broad SMARTS) is 1. The number of benzene rings is 1. The van der Waals surface area contributed by atoms with Crippen molar-refractivity contribution in [1.82, 2.24) is 9.97 Å². The van der Waals surface area contributed by atoms with Crippen molar-refractivity contribution in [3.63, 3.8) is 0 Å². The van der Waals surface area contributed by atoms with Crippen molar-refractivity contribution >= 4 is 11.9 Å². The summed E-state index contributed by atoms with van der Waals surface area (Å²) in [5.41, 5.74) is 1.06. The number of aromatic carboxylic acids is 1. The number of aromatic nitrogens is 2. The van der Waals surface area contributed by atoms with Gasteiger partial charge in [-0.2, -0.15) is 0 Å². The second-order valence-electron chi connectivity index (χ2n) is 5.51. The predicted octanol–water partition coefficient (Wildman–Crippen LogP) is 2.44. The van der Waals surface area contributed by atoms with Crippen molar-refractivity contribution in [3.8, 4) is 17.0 Å². The zero-order chi connectivity index (χ0) is 16.9. The van der Waals surface area contributed by atoms with Gasteiger partial charge >= 0.3 is 5.97 Å². The number of rotatable bonds is 6. The molecule has 0 bridgehead atoms. The van der Waals surface area contributed by atoms with E-state index in [0.29, 0.717) is 29.5 Å². The molecule has 1 aliphatic rings. The van der Waals surface area contributed by atoms with E-state index in [1.165, 1.54) is 6.20 Å². The molecule has 1 atom stereocenters. The number of nitrogens with zero attached hydrogens (tertiary/aromatic N) is 2. The SMILES string of the molecule is COc1cccc(-c2nc(NCC3CCCO3)ncc2C(=O)O)c1. The molecule has 0 spiro atoms. The fourth-order valence-corrected chi connectivity index (χ4v) is 2.62. The van der Waals surface area contributed by atoms with Crippen LogP contribution in [0.1, 0.15) is 23.2 Å². The van der Waals surface area contributed by atoms with Crippen molar-refractivity contribution in [3.05, 3.63) is 36.0 Å². The number of methoxy groups -OCH3 is 1. The van der Waals surface area contributed by atoms with Gasteiger partial charge in [0, 0.05) is 24.9 Å². The fourth-order valence-electron chi connectivity index (χ4n) is 2.62. The Hall–Kier alpha value is -2.67. The van der Waals surface area contributed by atoms with Crippen LogP contribution in [0.5, 0.6) is 5.75 Å². The Kier molecular flexibility index (Phi) is 4.90. The maximum Gasteiger partial charge on any atom is 0.339 e. The van der Waals surface area contributed by atoms with E-state index in [-0.39, 0.29) is 11.7 Å². The molecule has 1 unspecified atom stereocenters. The minimum absolute atomic E-state index is 0.0471. The van der Waals surface area contributed by atoms with Crippen LogP contribution in [-0.4, -0.2) is 47.4 Å². The highest BCUT2D eigenvalue weighted by molar-refractivity contribution is 5.94. The van der Waals surface area contributed by atoms with Crippen molar-refractivity contribution in [2.75, 3.05) is 25.6 Å². The molecule has 3 rings (SSSR count). The molecule has 0 saturated carbocycles. The highest BCUT2D eigenvalue weighted by Crippen LogP contribution is 2.26. The van der Waals surface area contributed by atoms with Crippen LogP contribution in [-0.2, 0) is 4.74 Å². The molecule has 2 N–H and O–H groups in total. The van der Waals surface area contributed by atoms with E-state index < -0.39 is 5.97 Å².